The summed E-state index contributed by atoms with van der Waals surface area (Å²) in [4.78, 5) is 0. The Morgan fingerprint density at radius 1 is 1.26 bits per heavy atom. The van der Waals surface area contributed by atoms with Crippen LogP contribution in [0.3, 0.4) is 0 Å². The van der Waals surface area contributed by atoms with Gasteiger partial charge in [0.1, 0.15) is 5.82 Å². The highest BCUT2D eigenvalue weighted by atomic mass is 79.9. The van der Waals surface area contributed by atoms with Crippen molar-refractivity contribution < 1.29 is 9.50 Å². The standard InChI is InChI=1S/C16H18BrFO/c17-14-6-2-5-12(15(14)18)16(19)8-9-7-13(16)11-4-1-3-10(9)11/h2,5-6,9-11,13,19H,1,3-4,7-8H2. The van der Waals surface area contributed by atoms with Crippen LogP contribution in [0.1, 0.15) is 37.7 Å². The average molecular weight is 325 g/mol. The molecule has 5 unspecified atom stereocenters. The average Bonchev–Trinajstić information content (AvgIpc) is 3.03. The Balaban J connectivity index is 1.77. The molecule has 2 bridgehead atoms. The molecule has 1 nitrogen and oxygen atoms in total. The van der Waals surface area contributed by atoms with E-state index in [0.29, 0.717) is 21.9 Å². The van der Waals surface area contributed by atoms with Gasteiger partial charge in [-0.05, 0) is 71.4 Å². The van der Waals surface area contributed by atoms with Crippen molar-refractivity contribution in [1.82, 2.24) is 0 Å². The number of hydrogen-bond donors (Lipinski definition) is 1. The van der Waals surface area contributed by atoms with Gasteiger partial charge in [-0.25, -0.2) is 4.39 Å². The second kappa shape index (κ2) is 4.05. The van der Waals surface area contributed by atoms with E-state index < -0.39 is 5.60 Å². The lowest BCUT2D eigenvalue weighted by Gasteiger charge is -2.39. The molecule has 3 heteroatoms. The van der Waals surface area contributed by atoms with Gasteiger partial charge in [0.2, 0.25) is 0 Å². The molecule has 3 fully saturated rings. The van der Waals surface area contributed by atoms with Crippen molar-refractivity contribution in [2.45, 2.75) is 37.7 Å². The summed E-state index contributed by atoms with van der Waals surface area (Å²) in [5, 5.41) is 11.1. The van der Waals surface area contributed by atoms with Crippen LogP contribution in [0.15, 0.2) is 22.7 Å². The monoisotopic (exact) mass is 324 g/mol. The van der Waals surface area contributed by atoms with Gasteiger partial charge in [0.05, 0.1) is 10.1 Å². The summed E-state index contributed by atoms with van der Waals surface area (Å²) in [6.45, 7) is 0. The molecular weight excluding hydrogens is 307 g/mol. The number of aliphatic hydroxyl groups is 1. The highest BCUT2D eigenvalue weighted by molar-refractivity contribution is 9.10. The quantitative estimate of drug-likeness (QED) is 0.819. The Labute approximate surface area is 121 Å². The molecule has 1 aromatic rings. The molecule has 1 N–H and O–H groups in total. The SMILES string of the molecule is OC1(c2cccc(Br)c2F)CC2CC1C1CCCC21. The number of halogens is 2. The van der Waals surface area contributed by atoms with Crippen molar-refractivity contribution in [3.8, 4) is 0 Å². The van der Waals surface area contributed by atoms with Crippen molar-refractivity contribution in [3.63, 3.8) is 0 Å². The van der Waals surface area contributed by atoms with Gasteiger partial charge in [-0.15, -0.1) is 0 Å². The maximum atomic E-state index is 14.4. The first-order valence-corrected chi connectivity index (χ1v) is 8.07. The molecular formula is C16H18BrFO. The molecule has 0 spiro atoms. The van der Waals surface area contributed by atoms with E-state index in [1.165, 1.54) is 19.3 Å². The molecule has 0 aliphatic heterocycles. The second-order valence-corrected chi connectivity index (χ2v) is 7.44. The van der Waals surface area contributed by atoms with E-state index in [-0.39, 0.29) is 11.7 Å². The van der Waals surface area contributed by atoms with Crippen molar-refractivity contribution in [1.29, 1.82) is 0 Å². The van der Waals surface area contributed by atoms with Crippen LogP contribution in [0, 0.1) is 29.5 Å². The molecule has 3 saturated carbocycles. The predicted octanol–water partition coefficient (Wildman–Crippen LogP) is 4.23. The molecule has 0 heterocycles. The van der Waals surface area contributed by atoms with E-state index in [4.69, 9.17) is 0 Å². The zero-order valence-electron chi connectivity index (χ0n) is 10.8. The Morgan fingerprint density at radius 3 is 2.89 bits per heavy atom. The largest absolute Gasteiger partial charge is 0.385 e. The first-order chi connectivity index (χ1) is 9.11. The maximum Gasteiger partial charge on any atom is 0.143 e. The van der Waals surface area contributed by atoms with Gasteiger partial charge in [-0.1, -0.05) is 18.6 Å². The van der Waals surface area contributed by atoms with Crippen LogP contribution in [-0.4, -0.2) is 5.11 Å². The second-order valence-electron chi connectivity index (χ2n) is 6.59. The molecule has 19 heavy (non-hydrogen) atoms. The first kappa shape index (κ1) is 12.3. The summed E-state index contributed by atoms with van der Waals surface area (Å²) in [7, 11) is 0. The smallest absolute Gasteiger partial charge is 0.143 e. The summed E-state index contributed by atoms with van der Waals surface area (Å²) >= 11 is 3.24. The molecule has 3 aliphatic rings. The van der Waals surface area contributed by atoms with Gasteiger partial charge >= 0.3 is 0 Å². The fourth-order valence-corrected chi connectivity index (χ4v) is 5.63. The van der Waals surface area contributed by atoms with Crippen LogP contribution in [0.25, 0.3) is 0 Å². The summed E-state index contributed by atoms with van der Waals surface area (Å²) in [6, 6.07) is 5.30. The molecule has 1 aromatic carbocycles. The van der Waals surface area contributed by atoms with Crippen LogP contribution in [-0.2, 0) is 5.60 Å². The summed E-state index contributed by atoms with van der Waals surface area (Å²) in [5.41, 5.74) is -0.413. The third kappa shape index (κ3) is 1.55. The third-order valence-electron chi connectivity index (χ3n) is 5.91. The van der Waals surface area contributed by atoms with Crippen molar-refractivity contribution in [3.05, 3.63) is 34.1 Å². The van der Waals surface area contributed by atoms with Gasteiger partial charge in [-0.3, -0.25) is 0 Å². The van der Waals surface area contributed by atoms with E-state index >= 15 is 0 Å². The van der Waals surface area contributed by atoms with E-state index in [2.05, 4.69) is 15.9 Å². The van der Waals surface area contributed by atoms with Crippen LogP contribution in [0.4, 0.5) is 4.39 Å². The van der Waals surface area contributed by atoms with Crippen LogP contribution >= 0.6 is 15.9 Å². The Bertz CT molecular complexity index is 531. The van der Waals surface area contributed by atoms with Gasteiger partial charge in [-0.2, -0.15) is 0 Å². The fraction of sp³-hybridized carbons (Fsp3) is 0.625. The number of hydrogen-bond acceptors (Lipinski definition) is 1. The van der Waals surface area contributed by atoms with Crippen molar-refractivity contribution in [2.24, 2.45) is 23.7 Å². The topological polar surface area (TPSA) is 20.2 Å². The van der Waals surface area contributed by atoms with Crippen LogP contribution in [0.5, 0.6) is 0 Å². The Morgan fingerprint density at radius 2 is 2.05 bits per heavy atom. The molecule has 102 valence electrons. The minimum atomic E-state index is -0.927. The lowest BCUT2D eigenvalue weighted by Crippen LogP contribution is -2.39. The van der Waals surface area contributed by atoms with E-state index in [1.807, 2.05) is 6.07 Å². The molecule has 4 rings (SSSR count). The Hall–Kier alpha value is -0.410. The van der Waals surface area contributed by atoms with Gasteiger partial charge < -0.3 is 5.11 Å². The Kier molecular flexibility index (Phi) is 2.63. The number of rotatable bonds is 1. The summed E-state index contributed by atoms with van der Waals surface area (Å²) in [6.07, 6.45) is 5.69. The van der Waals surface area contributed by atoms with Gasteiger partial charge in [0.25, 0.3) is 0 Å². The highest BCUT2D eigenvalue weighted by Crippen LogP contribution is 2.65. The highest BCUT2D eigenvalue weighted by Gasteiger charge is 2.61. The zero-order valence-corrected chi connectivity index (χ0v) is 12.4. The van der Waals surface area contributed by atoms with E-state index in [1.54, 1.807) is 12.1 Å². The van der Waals surface area contributed by atoms with Crippen LogP contribution in [0.2, 0.25) is 0 Å². The van der Waals surface area contributed by atoms with E-state index in [0.717, 1.165) is 18.8 Å². The summed E-state index contributed by atoms with van der Waals surface area (Å²) in [5.74, 6) is 2.05. The van der Waals surface area contributed by atoms with E-state index in [9.17, 15) is 9.50 Å². The third-order valence-corrected chi connectivity index (χ3v) is 6.52. The van der Waals surface area contributed by atoms with Gasteiger partial charge in [0, 0.05) is 5.56 Å². The van der Waals surface area contributed by atoms with Crippen molar-refractivity contribution in [2.75, 3.05) is 0 Å². The maximum absolute atomic E-state index is 14.4. The van der Waals surface area contributed by atoms with Crippen LogP contribution < -0.4 is 0 Å². The molecule has 3 aliphatic carbocycles. The minimum absolute atomic E-state index is 0.271. The predicted molar refractivity (Wildman–Crippen MR) is 75.0 cm³/mol. The summed E-state index contributed by atoms with van der Waals surface area (Å²) < 4.78 is 14.8. The molecule has 0 radical (unpaired) electrons. The molecule has 5 atom stereocenters. The number of fused-ring (bicyclic) bond motifs is 5. The lowest BCUT2D eigenvalue weighted by molar-refractivity contribution is -0.0538. The lowest BCUT2D eigenvalue weighted by atomic mass is 9.70. The van der Waals surface area contributed by atoms with Crippen molar-refractivity contribution >= 4 is 15.9 Å². The minimum Gasteiger partial charge on any atom is -0.385 e. The molecule has 0 saturated heterocycles. The molecule has 0 amide bonds. The van der Waals surface area contributed by atoms with Gasteiger partial charge in [0.15, 0.2) is 0 Å². The first-order valence-electron chi connectivity index (χ1n) is 7.28. The molecule has 0 aromatic heterocycles. The fourth-order valence-electron chi connectivity index (χ4n) is 5.26. The number of benzene rings is 1. The normalized spacial score (nSPS) is 43.7. The zero-order chi connectivity index (χ0) is 13.2.